The molecule has 0 aliphatic heterocycles. The SMILES string of the molecule is CCCCCC(C)(C)OOC(=O)OC=COC(=O)OOC(C)(C)CCCCC. The molecule has 0 saturated heterocycles. The molecule has 0 rings (SSSR count). The second-order valence-corrected chi connectivity index (χ2v) is 7.77. The maximum Gasteiger partial charge on any atom is 0.545 e. The van der Waals surface area contributed by atoms with Gasteiger partial charge in [0.05, 0.1) is 0 Å². The fraction of sp³-hybridized carbons (Fsp3) is 0.800. The Hall–Kier alpha value is -1.80. The van der Waals surface area contributed by atoms with Gasteiger partial charge in [0.2, 0.25) is 0 Å². The van der Waals surface area contributed by atoms with Crippen molar-refractivity contribution in [2.45, 2.75) is 104 Å². The van der Waals surface area contributed by atoms with Gasteiger partial charge in [-0.15, -0.1) is 0 Å². The summed E-state index contributed by atoms with van der Waals surface area (Å²) in [7, 11) is 0. The van der Waals surface area contributed by atoms with Crippen LogP contribution in [-0.4, -0.2) is 23.5 Å². The monoisotopic (exact) mass is 404 g/mol. The zero-order valence-electron chi connectivity index (χ0n) is 18.1. The second-order valence-electron chi connectivity index (χ2n) is 7.77. The first-order chi connectivity index (χ1) is 13.1. The van der Waals surface area contributed by atoms with Crippen molar-refractivity contribution in [3.8, 4) is 0 Å². The van der Waals surface area contributed by atoms with E-state index in [1.807, 2.05) is 27.7 Å². The minimum Gasteiger partial charge on any atom is -0.398 e. The quantitative estimate of drug-likeness (QED) is 0.109. The molecule has 0 amide bonds. The smallest absolute Gasteiger partial charge is 0.398 e. The fourth-order valence-electron chi connectivity index (χ4n) is 2.18. The minimum absolute atomic E-state index is 0.612. The van der Waals surface area contributed by atoms with E-state index in [9.17, 15) is 9.59 Å². The maximum atomic E-state index is 11.4. The first kappa shape index (κ1) is 26.2. The molecule has 0 unspecified atom stereocenters. The van der Waals surface area contributed by atoms with Gasteiger partial charge in [-0.05, 0) is 40.5 Å². The van der Waals surface area contributed by atoms with Crippen LogP contribution in [0.15, 0.2) is 12.5 Å². The Morgan fingerprint density at radius 3 is 1.36 bits per heavy atom. The third-order valence-electron chi connectivity index (χ3n) is 3.82. The maximum absolute atomic E-state index is 11.4. The van der Waals surface area contributed by atoms with Crippen LogP contribution in [0.5, 0.6) is 0 Å². The molecule has 0 aromatic rings. The summed E-state index contributed by atoms with van der Waals surface area (Å²) >= 11 is 0. The normalized spacial score (nSPS) is 12.1. The van der Waals surface area contributed by atoms with E-state index in [1.54, 1.807) is 0 Å². The Bertz CT molecular complexity index is 429. The van der Waals surface area contributed by atoms with E-state index in [2.05, 4.69) is 33.1 Å². The van der Waals surface area contributed by atoms with Crippen LogP contribution in [0.2, 0.25) is 0 Å². The molecule has 0 fully saturated rings. The highest BCUT2D eigenvalue weighted by atomic mass is 17.2. The highest BCUT2D eigenvalue weighted by Crippen LogP contribution is 2.20. The topological polar surface area (TPSA) is 89.5 Å². The summed E-state index contributed by atoms with van der Waals surface area (Å²) in [5.74, 6) is 0. The molecule has 28 heavy (non-hydrogen) atoms. The van der Waals surface area contributed by atoms with Gasteiger partial charge in [0.15, 0.2) is 0 Å². The molecule has 0 heterocycles. The molecular weight excluding hydrogens is 368 g/mol. The van der Waals surface area contributed by atoms with Gasteiger partial charge < -0.3 is 9.47 Å². The summed E-state index contributed by atoms with van der Waals surface area (Å²) in [6.07, 6.45) is 7.27. The number of ether oxygens (including phenoxy) is 2. The number of carbonyl (C=O) groups excluding carboxylic acids is 2. The highest BCUT2D eigenvalue weighted by molar-refractivity contribution is 5.61. The van der Waals surface area contributed by atoms with Crippen molar-refractivity contribution >= 4 is 12.3 Å². The van der Waals surface area contributed by atoms with E-state index < -0.39 is 23.5 Å². The average Bonchev–Trinajstić information content (AvgIpc) is 2.62. The Morgan fingerprint density at radius 1 is 0.679 bits per heavy atom. The Labute approximate surface area is 168 Å². The lowest BCUT2D eigenvalue weighted by atomic mass is 10.0. The molecule has 0 radical (unpaired) electrons. The number of carbonyl (C=O) groups is 2. The van der Waals surface area contributed by atoms with E-state index >= 15 is 0 Å². The third kappa shape index (κ3) is 15.3. The molecule has 8 heteroatoms. The van der Waals surface area contributed by atoms with Crippen LogP contribution >= 0.6 is 0 Å². The molecular formula is C20H36O8. The predicted molar refractivity (Wildman–Crippen MR) is 103 cm³/mol. The first-order valence-electron chi connectivity index (χ1n) is 9.89. The molecule has 0 aliphatic rings. The van der Waals surface area contributed by atoms with E-state index in [0.29, 0.717) is 0 Å². The van der Waals surface area contributed by atoms with Gasteiger partial charge >= 0.3 is 12.3 Å². The largest absolute Gasteiger partial charge is 0.545 e. The van der Waals surface area contributed by atoms with Crippen LogP contribution < -0.4 is 0 Å². The van der Waals surface area contributed by atoms with Gasteiger partial charge in [-0.3, -0.25) is 9.78 Å². The van der Waals surface area contributed by atoms with Crippen molar-refractivity contribution in [2.24, 2.45) is 0 Å². The molecule has 0 aromatic carbocycles. The third-order valence-corrected chi connectivity index (χ3v) is 3.82. The predicted octanol–water partition coefficient (Wildman–Crippen LogP) is 6.35. The molecule has 0 saturated carbocycles. The Balaban J connectivity index is 3.97. The van der Waals surface area contributed by atoms with Gasteiger partial charge in [0.1, 0.15) is 23.7 Å². The van der Waals surface area contributed by atoms with E-state index in [-0.39, 0.29) is 0 Å². The van der Waals surface area contributed by atoms with Crippen LogP contribution in [0, 0.1) is 0 Å². The van der Waals surface area contributed by atoms with Crippen LogP contribution in [0.4, 0.5) is 9.59 Å². The average molecular weight is 405 g/mol. The summed E-state index contributed by atoms with van der Waals surface area (Å²) in [6.45, 7) is 11.5. The molecule has 164 valence electrons. The van der Waals surface area contributed by atoms with Crippen LogP contribution in [0.25, 0.3) is 0 Å². The lowest BCUT2D eigenvalue weighted by molar-refractivity contribution is -0.317. The number of unbranched alkanes of at least 4 members (excludes halogenated alkanes) is 4. The molecule has 0 atom stereocenters. The summed E-state index contributed by atoms with van der Waals surface area (Å²) in [4.78, 5) is 42.2. The Morgan fingerprint density at radius 2 is 1.04 bits per heavy atom. The summed E-state index contributed by atoms with van der Waals surface area (Å²) in [6, 6.07) is 0. The molecule has 0 aromatic heterocycles. The van der Waals surface area contributed by atoms with Crippen molar-refractivity contribution in [3.05, 3.63) is 12.5 Å². The number of hydrogen-bond donors (Lipinski definition) is 0. The van der Waals surface area contributed by atoms with Crippen LogP contribution in [0.1, 0.15) is 92.9 Å². The summed E-state index contributed by atoms with van der Waals surface area (Å²) < 4.78 is 9.17. The standard InChI is InChI=1S/C20H36O8/c1-7-9-11-13-19(3,4)27-25-17(21)23-15-16-24-18(22)26-28-20(5,6)14-12-10-8-2/h15-16H,7-14H2,1-6H3. The lowest BCUT2D eigenvalue weighted by Crippen LogP contribution is -2.26. The number of rotatable bonds is 14. The van der Waals surface area contributed by atoms with Gasteiger partial charge in [-0.2, -0.15) is 9.78 Å². The van der Waals surface area contributed by atoms with E-state index in [4.69, 9.17) is 9.78 Å². The Kier molecular flexibility index (Phi) is 13.3. The van der Waals surface area contributed by atoms with Gasteiger partial charge in [0, 0.05) is 0 Å². The minimum atomic E-state index is -1.08. The second kappa shape index (κ2) is 14.2. The first-order valence-corrected chi connectivity index (χ1v) is 9.89. The number of hydrogen-bond acceptors (Lipinski definition) is 8. The van der Waals surface area contributed by atoms with Crippen molar-refractivity contribution in [2.75, 3.05) is 0 Å². The van der Waals surface area contributed by atoms with Crippen molar-refractivity contribution in [1.29, 1.82) is 0 Å². The van der Waals surface area contributed by atoms with Gasteiger partial charge in [-0.25, -0.2) is 9.59 Å². The molecule has 0 aliphatic carbocycles. The van der Waals surface area contributed by atoms with E-state index in [0.717, 1.165) is 63.9 Å². The van der Waals surface area contributed by atoms with Gasteiger partial charge in [-0.1, -0.05) is 52.4 Å². The molecule has 0 bridgehead atoms. The van der Waals surface area contributed by atoms with Crippen LogP contribution in [0.3, 0.4) is 0 Å². The van der Waals surface area contributed by atoms with Crippen molar-refractivity contribution in [1.82, 2.24) is 0 Å². The lowest BCUT2D eigenvalue weighted by Gasteiger charge is -2.22. The molecule has 8 nitrogen and oxygen atoms in total. The summed E-state index contributed by atoms with van der Waals surface area (Å²) in [5.41, 5.74) is -1.22. The van der Waals surface area contributed by atoms with Crippen molar-refractivity contribution in [3.63, 3.8) is 0 Å². The van der Waals surface area contributed by atoms with E-state index in [1.165, 1.54) is 0 Å². The zero-order chi connectivity index (χ0) is 21.5. The molecule has 0 N–H and O–H groups in total. The summed E-state index contributed by atoms with van der Waals surface area (Å²) in [5, 5.41) is 0. The zero-order valence-corrected chi connectivity index (χ0v) is 18.1. The van der Waals surface area contributed by atoms with Gasteiger partial charge in [0.25, 0.3) is 0 Å². The fourth-order valence-corrected chi connectivity index (χ4v) is 2.18. The molecule has 0 spiro atoms. The highest BCUT2D eigenvalue weighted by Gasteiger charge is 2.23. The van der Waals surface area contributed by atoms with Crippen LogP contribution in [-0.2, 0) is 29.0 Å². The van der Waals surface area contributed by atoms with Crippen molar-refractivity contribution < 1.29 is 38.6 Å².